The number of rotatable bonds is 10. The number of thioether (sulfide) groups is 2. The van der Waals surface area contributed by atoms with E-state index in [1.807, 2.05) is 0 Å². The van der Waals surface area contributed by atoms with Crippen LogP contribution in [-0.4, -0.2) is 34.9 Å². The molecule has 4 N–H and O–H groups in total. The lowest BCUT2D eigenvalue weighted by Gasteiger charge is -2.02. The lowest BCUT2D eigenvalue weighted by molar-refractivity contribution is 0.787. The topological polar surface area (TPSA) is 76.8 Å². The fourth-order valence-electron chi connectivity index (χ4n) is 1.13. The van der Waals surface area contributed by atoms with E-state index in [1.165, 1.54) is 6.42 Å². The van der Waals surface area contributed by atoms with Crippen LogP contribution in [0.5, 0.6) is 0 Å². The Kier molecular flexibility index (Phi) is 24.9. The molecule has 0 heterocycles. The van der Waals surface area contributed by atoms with Gasteiger partial charge in [0.1, 0.15) is 0 Å². The van der Waals surface area contributed by atoms with Crippen molar-refractivity contribution in [2.45, 2.75) is 19.3 Å². The molecule has 0 atom stereocenters. The van der Waals surface area contributed by atoms with Crippen molar-refractivity contribution in [3.8, 4) is 0 Å². The lowest BCUT2D eigenvalue weighted by atomic mass is 10.3. The largest absolute Gasteiger partial charge is 0.379 e. The summed E-state index contributed by atoms with van der Waals surface area (Å²) in [6, 6.07) is 0. The molecule has 0 spiro atoms. The average molecular weight is 462 g/mol. The van der Waals surface area contributed by atoms with Crippen LogP contribution in [0.25, 0.3) is 0 Å². The van der Waals surface area contributed by atoms with Crippen molar-refractivity contribution in [1.82, 2.24) is 0 Å². The normalized spacial score (nSPS) is 11.2. The summed E-state index contributed by atoms with van der Waals surface area (Å²) in [5.74, 6) is 2.02. The Morgan fingerprint density at radius 1 is 0.810 bits per heavy atom. The second kappa shape index (κ2) is 20.1. The van der Waals surface area contributed by atoms with Crippen molar-refractivity contribution in [3.63, 3.8) is 0 Å². The molecule has 124 valence electrons. The molecule has 0 bridgehead atoms. The molecule has 8 heteroatoms. The van der Waals surface area contributed by atoms with E-state index in [9.17, 15) is 0 Å². The molecule has 0 aliphatic heterocycles. The quantitative estimate of drug-likeness (QED) is 0.224. The molecule has 0 aromatic heterocycles. The van der Waals surface area contributed by atoms with Crippen molar-refractivity contribution in [3.05, 3.63) is 25.3 Å². The summed E-state index contributed by atoms with van der Waals surface area (Å²) >= 11 is 3.21. The molecule has 0 rings (SSSR count). The maximum Gasteiger partial charge on any atom is 0.154 e. The minimum absolute atomic E-state index is 0. The number of unbranched alkanes of at least 4 members (excludes halogenated alkanes) is 2. The average Bonchev–Trinajstić information content (AvgIpc) is 2.41. The van der Waals surface area contributed by atoms with Gasteiger partial charge < -0.3 is 11.5 Å². The van der Waals surface area contributed by atoms with Gasteiger partial charge in [0, 0.05) is 11.5 Å². The third kappa shape index (κ3) is 20.1. The van der Waals surface area contributed by atoms with E-state index in [4.69, 9.17) is 11.5 Å². The van der Waals surface area contributed by atoms with Gasteiger partial charge in [-0.05, 0) is 12.8 Å². The number of hydrogen-bond donors (Lipinski definition) is 2. The second-order valence-corrected chi connectivity index (χ2v) is 5.92. The van der Waals surface area contributed by atoms with Crippen LogP contribution in [0.1, 0.15) is 19.3 Å². The van der Waals surface area contributed by atoms with Crippen molar-refractivity contribution in [2.24, 2.45) is 21.5 Å². The van der Waals surface area contributed by atoms with Gasteiger partial charge in [-0.25, -0.2) is 0 Å². The third-order valence-corrected chi connectivity index (χ3v) is 3.88. The number of aliphatic imine (C=N–C) groups is 2. The molecular formula is C13H26Br2N4S2. The van der Waals surface area contributed by atoms with Gasteiger partial charge in [0.05, 0.1) is 13.1 Å². The Balaban J connectivity index is -0.00000162. The third-order valence-electron chi connectivity index (χ3n) is 2.04. The summed E-state index contributed by atoms with van der Waals surface area (Å²) in [5.41, 5.74) is 11.4. The van der Waals surface area contributed by atoms with Crippen LogP contribution < -0.4 is 11.5 Å². The summed E-state index contributed by atoms with van der Waals surface area (Å²) in [4.78, 5) is 8.25. The highest BCUT2D eigenvalue weighted by atomic mass is 79.9. The molecule has 0 saturated carbocycles. The van der Waals surface area contributed by atoms with Gasteiger partial charge in [-0.1, -0.05) is 42.1 Å². The Labute approximate surface area is 157 Å². The van der Waals surface area contributed by atoms with Crippen molar-refractivity contribution >= 4 is 67.8 Å². The molecule has 0 radical (unpaired) electrons. The van der Waals surface area contributed by atoms with Gasteiger partial charge in [-0.2, -0.15) is 0 Å². The highest BCUT2D eigenvalue weighted by Gasteiger charge is 1.96. The zero-order chi connectivity index (χ0) is 14.3. The summed E-state index contributed by atoms with van der Waals surface area (Å²) < 4.78 is 0. The predicted octanol–water partition coefficient (Wildman–Crippen LogP) is 3.78. The standard InChI is InChI=1S/C13H24N4S2.2BrH/c1-3-8-16-12(14)18-10-6-5-7-11-19-13(15)17-9-4-2;;/h3-4H,1-2,5-11H2,(H2,14,16)(H2,15,17);2*1H. The van der Waals surface area contributed by atoms with Crippen LogP contribution in [-0.2, 0) is 0 Å². The molecular weight excluding hydrogens is 436 g/mol. The lowest BCUT2D eigenvalue weighted by Crippen LogP contribution is -2.08. The van der Waals surface area contributed by atoms with Gasteiger partial charge in [0.2, 0.25) is 0 Å². The smallest absolute Gasteiger partial charge is 0.154 e. The first-order valence-electron chi connectivity index (χ1n) is 6.28. The predicted molar refractivity (Wildman–Crippen MR) is 113 cm³/mol. The molecule has 0 unspecified atom stereocenters. The Hall–Kier alpha value is 0.0800. The zero-order valence-corrected chi connectivity index (χ0v) is 17.3. The van der Waals surface area contributed by atoms with Gasteiger partial charge in [-0.15, -0.1) is 47.1 Å². The van der Waals surface area contributed by atoms with Crippen LogP contribution in [0, 0.1) is 0 Å². The molecule has 0 fully saturated rings. The molecule has 0 aromatic carbocycles. The minimum atomic E-state index is 0. The number of nitrogens with zero attached hydrogens (tertiary/aromatic N) is 2. The van der Waals surface area contributed by atoms with Gasteiger partial charge in [0.25, 0.3) is 0 Å². The van der Waals surface area contributed by atoms with Crippen molar-refractivity contribution in [1.29, 1.82) is 0 Å². The van der Waals surface area contributed by atoms with E-state index in [-0.39, 0.29) is 34.0 Å². The van der Waals surface area contributed by atoms with Crippen LogP contribution in [0.3, 0.4) is 0 Å². The van der Waals surface area contributed by atoms with E-state index in [2.05, 4.69) is 23.1 Å². The summed E-state index contributed by atoms with van der Waals surface area (Å²) in [6.07, 6.45) is 6.92. The number of nitrogens with two attached hydrogens (primary N) is 2. The van der Waals surface area contributed by atoms with E-state index >= 15 is 0 Å². The second-order valence-electron chi connectivity index (χ2n) is 3.69. The summed E-state index contributed by atoms with van der Waals surface area (Å²) in [5, 5.41) is 1.30. The maximum atomic E-state index is 5.71. The number of amidine groups is 2. The molecule has 0 amide bonds. The molecule has 0 aliphatic carbocycles. The number of halogens is 2. The fraction of sp³-hybridized carbons (Fsp3) is 0.538. The van der Waals surface area contributed by atoms with E-state index < -0.39 is 0 Å². The molecule has 4 nitrogen and oxygen atoms in total. The fourth-order valence-corrected chi connectivity index (χ4v) is 2.58. The van der Waals surface area contributed by atoms with E-state index in [0.29, 0.717) is 23.4 Å². The Morgan fingerprint density at radius 3 is 1.52 bits per heavy atom. The minimum Gasteiger partial charge on any atom is -0.379 e. The summed E-state index contributed by atoms with van der Waals surface area (Å²) in [6.45, 7) is 8.38. The van der Waals surface area contributed by atoms with Crippen LogP contribution in [0.2, 0.25) is 0 Å². The molecule has 21 heavy (non-hydrogen) atoms. The molecule has 0 saturated heterocycles. The maximum absolute atomic E-state index is 5.71. The van der Waals surface area contributed by atoms with Crippen LogP contribution in [0.15, 0.2) is 35.3 Å². The first kappa shape index (κ1) is 26.0. The zero-order valence-electron chi connectivity index (χ0n) is 12.2. The Morgan fingerprint density at radius 2 is 1.19 bits per heavy atom. The first-order valence-corrected chi connectivity index (χ1v) is 8.25. The highest BCUT2D eigenvalue weighted by molar-refractivity contribution is 8.93. The Bertz CT molecular complexity index is 293. The van der Waals surface area contributed by atoms with Crippen molar-refractivity contribution < 1.29 is 0 Å². The molecule has 0 aromatic rings. The van der Waals surface area contributed by atoms with Crippen LogP contribution >= 0.6 is 57.5 Å². The SMILES string of the molecule is Br.Br.C=CCN=C(N)SCCCCCSC(N)=NCC=C. The summed E-state index contributed by atoms with van der Waals surface area (Å²) in [7, 11) is 0. The van der Waals surface area contributed by atoms with E-state index in [0.717, 1.165) is 24.3 Å². The van der Waals surface area contributed by atoms with Gasteiger partial charge in [-0.3, -0.25) is 9.98 Å². The molecule has 0 aliphatic rings. The monoisotopic (exact) mass is 460 g/mol. The van der Waals surface area contributed by atoms with Crippen LogP contribution in [0.4, 0.5) is 0 Å². The highest BCUT2D eigenvalue weighted by Crippen LogP contribution is 2.10. The van der Waals surface area contributed by atoms with Crippen molar-refractivity contribution in [2.75, 3.05) is 24.6 Å². The van der Waals surface area contributed by atoms with Gasteiger partial charge in [0.15, 0.2) is 10.3 Å². The van der Waals surface area contributed by atoms with E-state index in [1.54, 1.807) is 35.7 Å². The first-order chi connectivity index (χ1) is 9.20. The number of hydrogen-bond acceptors (Lipinski definition) is 4. The van der Waals surface area contributed by atoms with Gasteiger partial charge >= 0.3 is 0 Å².